The molecule has 0 radical (unpaired) electrons. The number of aryl methyl sites for hydroxylation is 1. The van der Waals surface area contributed by atoms with E-state index in [1.165, 1.54) is 0 Å². The lowest BCUT2D eigenvalue weighted by Crippen LogP contribution is -2.21. The Morgan fingerprint density at radius 3 is 2.45 bits per heavy atom. The van der Waals surface area contributed by atoms with E-state index in [-0.39, 0.29) is 16.5 Å². The van der Waals surface area contributed by atoms with Gasteiger partial charge in [0.2, 0.25) is 0 Å². The summed E-state index contributed by atoms with van der Waals surface area (Å²) in [6.07, 6.45) is -0.445. The number of hydrogen-bond acceptors (Lipinski definition) is 2. The molecule has 0 saturated carbocycles. The quantitative estimate of drug-likeness (QED) is 0.938. The Labute approximate surface area is 113 Å². The first kappa shape index (κ1) is 14.2. The molecule has 106 valence electrons. The molecule has 0 spiro atoms. The van der Waals surface area contributed by atoms with E-state index in [0.29, 0.717) is 12.2 Å². The van der Waals surface area contributed by atoms with Crippen molar-refractivity contribution >= 4 is 16.9 Å². The zero-order valence-electron chi connectivity index (χ0n) is 11.0. The maximum atomic E-state index is 13.4. The Balaban J connectivity index is 2.94. The first-order chi connectivity index (χ1) is 9.36. The molecule has 1 N–H and O–H groups in total. The molecular weight excluding hydrogens is 268 g/mol. The van der Waals surface area contributed by atoms with Crippen molar-refractivity contribution in [2.75, 3.05) is 0 Å². The number of carboxylic acids is 1. The summed E-state index contributed by atoms with van der Waals surface area (Å²) in [4.78, 5) is 23.1. The van der Waals surface area contributed by atoms with E-state index < -0.39 is 29.5 Å². The van der Waals surface area contributed by atoms with Gasteiger partial charge >= 0.3 is 5.97 Å². The zero-order chi connectivity index (χ0) is 15.0. The fourth-order valence-corrected chi connectivity index (χ4v) is 2.38. The maximum absolute atomic E-state index is 13.4. The molecule has 0 saturated heterocycles. The van der Waals surface area contributed by atoms with Crippen LogP contribution in [0.5, 0.6) is 0 Å². The van der Waals surface area contributed by atoms with E-state index in [1.807, 2.05) is 0 Å². The molecule has 0 aliphatic heterocycles. The Bertz CT molecular complexity index is 765. The van der Waals surface area contributed by atoms with Crippen molar-refractivity contribution in [1.29, 1.82) is 0 Å². The number of rotatable bonds is 3. The molecule has 1 aromatic heterocycles. The summed E-state index contributed by atoms with van der Waals surface area (Å²) in [6.45, 7) is 3.80. The van der Waals surface area contributed by atoms with Crippen LogP contribution in [-0.4, -0.2) is 15.6 Å². The zero-order valence-corrected chi connectivity index (χ0v) is 11.0. The molecule has 2 aromatic rings. The van der Waals surface area contributed by atoms with Crippen LogP contribution in [0.2, 0.25) is 0 Å². The van der Waals surface area contributed by atoms with Crippen LogP contribution in [0.15, 0.2) is 16.9 Å². The van der Waals surface area contributed by atoms with Crippen LogP contribution in [0.4, 0.5) is 8.78 Å². The molecule has 0 unspecified atom stereocenters. The fourth-order valence-electron chi connectivity index (χ4n) is 2.38. The van der Waals surface area contributed by atoms with Gasteiger partial charge in [-0.3, -0.25) is 9.59 Å². The van der Waals surface area contributed by atoms with Crippen molar-refractivity contribution in [3.8, 4) is 0 Å². The third kappa shape index (κ3) is 2.17. The van der Waals surface area contributed by atoms with Gasteiger partial charge in [0.05, 0.1) is 11.9 Å². The van der Waals surface area contributed by atoms with E-state index in [4.69, 9.17) is 5.11 Å². The standard InChI is InChI=1S/C14H13F2NO3/c1-3-17-7(2)8(5-13(18)19)14(20)9-4-10(15)11(16)6-12(9)17/h4,6H,3,5H2,1-2H3,(H,18,19). The third-order valence-corrected chi connectivity index (χ3v) is 3.33. The Kier molecular flexibility index (Phi) is 3.57. The summed E-state index contributed by atoms with van der Waals surface area (Å²) in [5, 5.41) is 8.86. The summed E-state index contributed by atoms with van der Waals surface area (Å²) in [7, 11) is 0. The minimum absolute atomic E-state index is 0.00685. The van der Waals surface area contributed by atoms with Crippen molar-refractivity contribution in [2.45, 2.75) is 26.8 Å². The van der Waals surface area contributed by atoms with Gasteiger partial charge in [-0.05, 0) is 19.9 Å². The van der Waals surface area contributed by atoms with Gasteiger partial charge in [0.25, 0.3) is 0 Å². The van der Waals surface area contributed by atoms with Crippen LogP contribution < -0.4 is 5.43 Å². The van der Waals surface area contributed by atoms with Crippen LogP contribution >= 0.6 is 0 Å². The highest BCUT2D eigenvalue weighted by Gasteiger charge is 2.17. The number of halogens is 2. The van der Waals surface area contributed by atoms with E-state index >= 15 is 0 Å². The van der Waals surface area contributed by atoms with E-state index in [0.717, 1.165) is 12.1 Å². The Morgan fingerprint density at radius 1 is 1.30 bits per heavy atom. The number of carboxylic acid groups (broad SMARTS) is 1. The smallest absolute Gasteiger partial charge is 0.308 e. The summed E-state index contributed by atoms with van der Waals surface area (Å²) in [5.74, 6) is -3.30. The van der Waals surface area contributed by atoms with Crippen molar-refractivity contribution in [2.24, 2.45) is 0 Å². The Hall–Kier alpha value is -2.24. The third-order valence-electron chi connectivity index (χ3n) is 3.33. The van der Waals surface area contributed by atoms with E-state index in [1.54, 1.807) is 18.4 Å². The van der Waals surface area contributed by atoms with Gasteiger partial charge in [-0.2, -0.15) is 0 Å². The number of aromatic nitrogens is 1. The molecule has 0 aliphatic carbocycles. The number of nitrogens with zero attached hydrogens (tertiary/aromatic N) is 1. The highest BCUT2D eigenvalue weighted by atomic mass is 19.2. The molecule has 0 amide bonds. The molecule has 1 heterocycles. The average molecular weight is 281 g/mol. The SMILES string of the molecule is CCn1c(C)c(CC(=O)O)c(=O)c2cc(F)c(F)cc21. The molecule has 0 bridgehead atoms. The van der Waals surface area contributed by atoms with E-state index in [9.17, 15) is 18.4 Å². The van der Waals surface area contributed by atoms with Gasteiger partial charge < -0.3 is 9.67 Å². The number of fused-ring (bicyclic) bond motifs is 1. The maximum Gasteiger partial charge on any atom is 0.308 e. The van der Waals surface area contributed by atoms with Gasteiger partial charge in [0.15, 0.2) is 17.1 Å². The lowest BCUT2D eigenvalue weighted by molar-refractivity contribution is -0.136. The molecule has 20 heavy (non-hydrogen) atoms. The fraction of sp³-hybridized carbons (Fsp3) is 0.286. The van der Waals surface area contributed by atoms with Crippen molar-refractivity contribution in [3.63, 3.8) is 0 Å². The number of hydrogen-bond donors (Lipinski definition) is 1. The minimum Gasteiger partial charge on any atom is -0.481 e. The molecule has 1 aromatic carbocycles. The van der Waals surface area contributed by atoms with Gasteiger partial charge in [-0.25, -0.2) is 8.78 Å². The molecular formula is C14H13F2NO3. The molecule has 2 rings (SSSR count). The first-order valence-corrected chi connectivity index (χ1v) is 6.09. The lowest BCUT2D eigenvalue weighted by Gasteiger charge is -2.16. The first-order valence-electron chi connectivity index (χ1n) is 6.09. The van der Waals surface area contributed by atoms with Crippen LogP contribution in [0.1, 0.15) is 18.2 Å². The summed E-state index contributed by atoms with van der Waals surface area (Å²) in [5.41, 5.74) is 0.253. The molecule has 0 aliphatic rings. The predicted octanol–water partition coefficient (Wildman–Crippen LogP) is 2.24. The average Bonchev–Trinajstić information content (AvgIpc) is 2.38. The minimum atomic E-state index is -1.14. The number of carbonyl (C=O) groups is 1. The molecule has 0 atom stereocenters. The number of pyridine rings is 1. The van der Waals surface area contributed by atoms with Crippen LogP contribution in [0.3, 0.4) is 0 Å². The van der Waals surface area contributed by atoms with Crippen molar-refractivity contribution in [1.82, 2.24) is 4.57 Å². The van der Waals surface area contributed by atoms with Crippen LogP contribution in [-0.2, 0) is 17.8 Å². The second-order valence-corrected chi connectivity index (χ2v) is 4.49. The monoisotopic (exact) mass is 281 g/mol. The summed E-state index contributed by atoms with van der Waals surface area (Å²) in [6, 6.07) is 1.79. The van der Waals surface area contributed by atoms with Crippen molar-refractivity contribution in [3.05, 3.63) is 45.2 Å². The summed E-state index contributed by atoms with van der Waals surface area (Å²) < 4.78 is 28.3. The predicted molar refractivity (Wildman–Crippen MR) is 69.9 cm³/mol. The topological polar surface area (TPSA) is 59.3 Å². The van der Waals surface area contributed by atoms with Gasteiger partial charge in [-0.1, -0.05) is 0 Å². The molecule has 4 nitrogen and oxygen atoms in total. The van der Waals surface area contributed by atoms with Gasteiger partial charge in [0, 0.05) is 29.3 Å². The molecule has 0 fully saturated rings. The largest absolute Gasteiger partial charge is 0.481 e. The van der Waals surface area contributed by atoms with Crippen LogP contribution in [0, 0.1) is 18.6 Å². The van der Waals surface area contributed by atoms with Gasteiger partial charge in [-0.15, -0.1) is 0 Å². The highest BCUT2D eigenvalue weighted by molar-refractivity contribution is 5.82. The lowest BCUT2D eigenvalue weighted by atomic mass is 10.0. The summed E-state index contributed by atoms with van der Waals surface area (Å²) >= 11 is 0. The number of benzene rings is 1. The Morgan fingerprint density at radius 2 is 1.90 bits per heavy atom. The number of aliphatic carboxylic acids is 1. The normalized spacial score (nSPS) is 11.0. The second kappa shape index (κ2) is 5.03. The van der Waals surface area contributed by atoms with E-state index in [2.05, 4.69) is 0 Å². The highest BCUT2D eigenvalue weighted by Crippen LogP contribution is 2.20. The molecule has 6 heteroatoms. The van der Waals surface area contributed by atoms with Gasteiger partial charge in [0.1, 0.15) is 0 Å². The van der Waals surface area contributed by atoms with Crippen LogP contribution in [0.25, 0.3) is 10.9 Å². The second-order valence-electron chi connectivity index (χ2n) is 4.49. The van der Waals surface area contributed by atoms with Crippen molar-refractivity contribution < 1.29 is 18.7 Å².